The van der Waals surface area contributed by atoms with Crippen LogP contribution in [0, 0.1) is 0 Å². The predicted molar refractivity (Wildman–Crippen MR) is 56.0 cm³/mol. The second kappa shape index (κ2) is 5.03. The predicted octanol–water partition coefficient (Wildman–Crippen LogP) is 4.67. The minimum atomic E-state index is -5.09. The maximum atomic E-state index is 12.8. The van der Waals surface area contributed by atoms with Gasteiger partial charge in [0.15, 0.2) is 0 Å². The first-order valence-electron chi connectivity index (χ1n) is 5.00. The van der Waals surface area contributed by atoms with Crippen LogP contribution in [0.3, 0.4) is 0 Å². The number of rotatable bonds is 2. The van der Waals surface area contributed by atoms with E-state index < -0.39 is 39.8 Å². The van der Waals surface area contributed by atoms with E-state index in [1.807, 2.05) is 0 Å². The Kier molecular flexibility index (Phi) is 4.19. The molecule has 0 aromatic heterocycles. The molecule has 0 unspecified atom stereocenters. The molecule has 0 bridgehead atoms. The molecule has 0 radical (unpaired) electrons. The van der Waals surface area contributed by atoms with Gasteiger partial charge < -0.3 is 0 Å². The maximum Gasteiger partial charge on any atom is 0.417 e. The summed E-state index contributed by atoms with van der Waals surface area (Å²) in [6.07, 6.45) is -10.4. The Hall–Kier alpha value is -1.24. The van der Waals surface area contributed by atoms with Gasteiger partial charge in [-0.25, -0.2) is 0 Å². The highest BCUT2D eigenvalue weighted by atomic mass is 35.5. The molecule has 0 spiro atoms. The van der Waals surface area contributed by atoms with Gasteiger partial charge in [-0.1, -0.05) is 13.0 Å². The molecule has 0 N–H and O–H groups in total. The molecule has 1 nitrogen and oxygen atoms in total. The molecule has 106 valence electrons. The van der Waals surface area contributed by atoms with Gasteiger partial charge in [0.05, 0.1) is 16.7 Å². The number of carbonyl (C=O) groups excluding carboxylic acids is 1. The number of halogens is 7. The molecule has 8 heteroatoms. The maximum absolute atomic E-state index is 12.8. The minimum absolute atomic E-state index is 0.176. The summed E-state index contributed by atoms with van der Waals surface area (Å²) >= 11 is 4.92. The van der Waals surface area contributed by atoms with Crippen LogP contribution in [0.4, 0.5) is 26.3 Å². The van der Waals surface area contributed by atoms with Crippen molar-refractivity contribution in [2.45, 2.75) is 25.7 Å². The van der Waals surface area contributed by atoms with Crippen molar-refractivity contribution in [2.24, 2.45) is 0 Å². The Morgan fingerprint density at radius 1 is 1.11 bits per heavy atom. The zero-order chi connectivity index (χ0) is 15.0. The van der Waals surface area contributed by atoms with E-state index >= 15 is 0 Å². The molecular weight excluding hydrogens is 298 g/mol. The number of carbonyl (C=O) groups is 1. The Morgan fingerprint density at radius 2 is 1.63 bits per heavy atom. The largest absolute Gasteiger partial charge is 0.417 e. The summed E-state index contributed by atoms with van der Waals surface area (Å²) in [5, 5.41) is -1.78. The van der Waals surface area contributed by atoms with E-state index in [2.05, 4.69) is 0 Å². The van der Waals surface area contributed by atoms with Crippen molar-refractivity contribution >= 4 is 16.8 Å². The van der Waals surface area contributed by atoms with Crippen LogP contribution in [-0.4, -0.2) is 5.24 Å². The van der Waals surface area contributed by atoms with Gasteiger partial charge in [-0.15, -0.1) is 0 Å². The van der Waals surface area contributed by atoms with E-state index in [-0.39, 0.29) is 6.42 Å². The van der Waals surface area contributed by atoms with Crippen LogP contribution < -0.4 is 0 Å². The molecule has 0 aliphatic carbocycles. The van der Waals surface area contributed by atoms with Crippen LogP contribution in [-0.2, 0) is 18.8 Å². The Labute approximate surface area is 109 Å². The normalized spacial score (nSPS) is 12.6. The van der Waals surface area contributed by atoms with Crippen LogP contribution in [0.15, 0.2) is 12.1 Å². The highest BCUT2D eigenvalue weighted by Crippen LogP contribution is 2.42. The number of aryl methyl sites for hydroxylation is 1. The van der Waals surface area contributed by atoms with E-state index in [1.165, 1.54) is 6.92 Å². The van der Waals surface area contributed by atoms with E-state index in [1.54, 1.807) is 0 Å². The second-order valence-electron chi connectivity index (χ2n) is 3.65. The SMILES string of the molecule is CCc1ccc(C(F)(F)F)c(C(=O)Cl)c1C(F)(F)F. The van der Waals surface area contributed by atoms with Crippen LogP contribution in [0.2, 0.25) is 0 Å². The molecule has 1 aromatic rings. The number of alkyl halides is 6. The molecule has 0 atom stereocenters. The summed E-state index contributed by atoms with van der Waals surface area (Å²) in [4.78, 5) is 11.0. The number of benzene rings is 1. The molecule has 0 saturated heterocycles. The third-order valence-electron chi connectivity index (χ3n) is 2.46. The molecular formula is C11H7ClF6O. The fourth-order valence-corrected chi connectivity index (χ4v) is 1.90. The number of hydrogen-bond donors (Lipinski definition) is 0. The fourth-order valence-electron chi connectivity index (χ4n) is 1.70. The average molecular weight is 305 g/mol. The summed E-state index contributed by atoms with van der Waals surface area (Å²) in [5.74, 6) is 0. The zero-order valence-electron chi connectivity index (χ0n) is 9.42. The molecule has 0 heterocycles. The molecule has 0 aliphatic rings. The van der Waals surface area contributed by atoms with Crippen molar-refractivity contribution in [1.82, 2.24) is 0 Å². The van der Waals surface area contributed by atoms with Crippen molar-refractivity contribution in [1.29, 1.82) is 0 Å². The van der Waals surface area contributed by atoms with Gasteiger partial charge in [-0.3, -0.25) is 4.79 Å². The number of hydrogen-bond acceptors (Lipinski definition) is 1. The lowest BCUT2D eigenvalue weighted by Gasteiger charge is -2.19. The molecule has 0 saturated carbocycles. The summed E-state index contributed by atoms with van der Waals surface area (Å²) in [5.41, 5.74) is -5.26. The first kappa shape index (κ1) is 15.8. The van der Waals surface area contributed by atoms with Gasteiger partial charge in [0.25, 0.3) is 5.24 Å². The van der Waals surface area contributed by atoms with Crippen molar-refractivity contribution in [3.05, 3.63) is 34.4 Å². The van der Waals surface area contributed by atoms with Crippen molar-refractivity contribution in [3.8, 4) is 0 Å². The average Bonchev–Trinajstić information content (AvgIpc) is 2.24. The topological polar surface area (TPSA) is 17.1 Å². The third-order valence-corrected chi connectivity index (χ3v) is 2.65. The van der Waals surface area contributed by atoms with Crippen molar-refractivity contribution in [3.63, 3.8) is 0 Å². The van der Waals surface area contributed by atoms with E-state index in [4.69, 9.17) is 11.6 Å². The standard InChI is InChI=1S/C11H7ClF6O/c1-2-5-3-4-6(10(13,14)15)7(9(12)19)8(5)11(16,17)18/h3-4H,2H2,1H3. The van der Waals surface area contributed by atoms with Crippen molar-refractivity contribution < 1.29 is 31.1 Å². The van der Waals surface area contributed by atoms with Gasteiger partial charge in [-0.05, 0) is 29.7 Å². The molecule has 0 amide bonds. The van der Waals surface area contributed by atoms with Crippen molar-refractivity contribution in [2.75, 3.05) is 0 Å². The van der Waals surface area contributed by atoms with Gasteiger partial charge >= 0.3 is 12.4 Å². The molecule has 19 heavy (non-hydrogen) atoms. The van der Waals surface area contributed by atoms with Crippen LogP contribution in [0.25, 0.3) is 0 Å². The van der Waals surface area contributed by atoms with E-state index in [0.29, 0.717) is 12.1 Å². The van der Waals surface area contributed by atoms with Crippen LogP contribution in [0.5, 0.6) is 0 Å². The highest BCUT2D eigenvalue weighted by Gasteiger charge is 2.43. The van der Waals surface area contributed by atoms with Gasteiger partial charge in [0.2, 0.25) is 0 Å². The minimum Gasteiger partial charge on any atom is -0.276 e. The smallest absolute Gasteiger partial charge is 0.276 e. The van der Waals surface area contributed by atoms with Gasteiger partial charge in [0.1, 0.15) is 0 Å². The Morgan fingerprint density at radius 3 is 1.95 bits per heavy atom. The first-order chi connectivity index (χ1) is 8.50. The Bertz CT molecular complexity index is 503. The summed E-state index contributed by atoms with van der Waals surface area (Å²) in [7, 11) is 0. The second-order valence-corrected chi connectivity index (χ2v) is 3.99. The highest BCUT2D eigenvalue weighted by molar-refractivity contribution is 6.68. The lowest BCUT2D eigenvalue weighted by molar-refractivity contribution is -0.143. The summed E-state index contributed by atoms with van der Waals surface area (Å²) in [6, 6.07) is 1.14. The van der Waals surface area contributed by atoms with Gasteiger partial charge in [-0.2, -0.15) is 26.3 Å². The zero-order valence-corrected chi connectivity index (χ0v) is 10.2. The lowest BCUT2D eigenvalue weighted by Crippen LogP contribution is -2.20. The summed E-state index contributed by atoms with van der Waals surface area (Å²) in [6.45, 7) is 1.33. The fraction of sp³-hybridized carbons (Fsp3) is 0.364. The molecule has 0 fully saturated rings. The van der Waals surface area contributed by atoms with Crippen LogP contribution >= 0.6 is 11.6 Å². The third kappa shape index (κ3) is 3.20. The molecule has 1 rings (SSSR count). The summed E-state index contributed by atoms with van der Waals surface area (Å²) < 4.78 is 76.4. The quantitative estimate of drug-likeness (QED) is 0.573. The monoisotopic (exact) mass is 304 g/mol. The lowest BCUT2D eigenvalue weighted by atomic mass is 9.94. The van der Waals surface area contributed by atoms with Crippen LogP contribution in [0.1, 0.15) is 34.0 Å². The Balaban J connectivity index is 3.79. The molecule has 1 aromatic carbocycles. The van der Waals surface area contributed by atoms with E-state index in [0.717, 1.165) is 0 Å². The first-order valence-corrected chi connectivity index (χ1v) is 5.38. The van der Waals surface area contributed by atoms with E-state index in [9.17, 15) is 31.1 Å². The molecule has 0 aliphatic heterocycles. The van der Waals surface area contributed by atoms with Gasteiger partial charge in [0, 0.05) is 0 Å².